The fraction of sp³-hybridized carbons (Fsp3) is 0.200. The van der Waals surface area contributed by atoms with Crippen LogP contribution in [0.15, 0.2) is 36.4 Å². The second kappa shape index (κ2) is 5.88. The fourth-order valence-corrected chi connectivity index (χ4v) is 1.88. The van der Waals surface area contributed by atoms with Gasteiger partial charge in [-0.05, 0) is 37.1 Å². The summed E-state index contributed by atoms with van der Waals surface area (Å²) in [5, 5.41) is 20.4. The van der Waals surface area contributed by atoms with Gasteiger partial charge in [0.25, 0.3) is 0 Å². The molecule has 1 unspecified atom stereocenters. The highest BCUT2D eigenvalue weighted by molar-refractivity contribution is 5.53. The first kappa shape index (κ1) is 14.9. The van der Waals surface area contributed by atoms with E-state index >= 15 is 0 Å². The zero-order valence-electron chi connectivity index (χ0n) is 11.5. The molecule has 1 atom stereocenters. The summed E-state index contributed by atoms with van der Waals surface area (Å²) in [7, 11) is 0. The molecular formula is C15H14FNO4. The third-order valence-electron chi connectivity index (χ3n) is 3.04. The summed E-state index contributed by atoms with van der Waals surface area (Å²) in [5.74, 6) is -0.811. The van der Waals surface area contributed by atoms with E-state index in [-0.39, 0.29) is 17.2 Å². The number of aryl methyl sites for hydroxylation is 1. The number of para-hydroxylation sites is 1. The smallest absolute Gasteiger partial charge is 0.311 e. The minimum Gasteiger partial charge on any atom is -0.447 e. The molecule has 2 aromatic rings. The lowest BCUT2D eigenvalue weighted by atomic mass is 10.1. The van der Waals surface area contributed by atoms with Crippen LogP contribution in [-0.2, 0) is 0 Å². The molecule has 0 saturated heterocycles. The summed E-state index contributed by atoms with van der Waals surface area (Å²) in [4.78, 5) is 10.4. The first-order valence-electron chi connectivity index (χ1n) is 6.29. The molecule has 0 saturated carbocycles. The highest BCUT2D eigenvalue weighted by Gasteiger charge is 2.19. The Labute approximate surface area is 120 Å². The molecule has 5 nitrogen and oxygen atoms in total. The van der Waals surface area contributed by atoms with Gasteiger partial charge in [0.05, 0.1) is 11.0 Å². The molecule has 0 heterocycles. The zero-order chi connectivity index (χ0) is 15.6. The van der Waals surface area contributed by atoms with Gasteiger partial charge in [-0.1, -0.05) is 18.2 Å². The molecular weight excluding hydrogens is 277 g/mol. The SMILES string of the molecule is Cc1cccc([N+](=O)[O-])c1Oc1ccc(C(C)O)cc1F. The molecule has 0 bridgehead atoms. The number of rotatable bonds is 4. The number of aliphatic hydroxyl groups excluding tert-OH is 1. The van der Waals surface area contributed by atoms with Crippen LogP contribution in [0, 0.1) is 22.9 Å². The maximum Gasteiger partial charge on any atom is 0.311 e. The molecule has 2 rings (SSSR count). The molecule has 0 amide bonds. The largest absolute Gasteiger partial charge is 0.447 e. The lowest BCUT2D eigenvalue weighted by Crippen LogP contribution is -1.98. The van der Waals surface area contributed by atoms with Gasteiger partial charge in [-0.15, -0.1) is 0 Å². The number of hydrogen-bond donors (Lipinski definition) is 1. The second-order valence-corrected chi connectivity index (χ2v) is 4.65. The molecule has 0 radical (unpaired) electrons. The summed E-state index contributed by atoms with van der Waals surface area (Å²) in [6.45, 7) is 3.16. The van der Waals surface area contributed by atoms with E-state index < -0.39 is 16.8 Å². The molecule has 6 heteroatoms. The fourth-order valence-electron chi connectivity index (χ4n) is 1.88. The maximum absolute atomic E-state index is 14.0. The molecule has 0 aromatic heterocycles. The van der Waals surface area contributed by atoms with Crippen LogP contribution in [0.25, 0.3) is 0 Å². The third-order valence-corrected chi connectivity index (χ3v) is 3.04. The van der Waals surface area contributed by atoms with E-state index in [1.807, 2.05) is 0 Å². The number of ether oxygens (including phenoxy) is 1. The molecule has 1 N–H and O–H groups in total. The molecule has 0 spiro atoms. The van der Waals surface area contributed by atoms with Crippen molar-refractivity contribution in [2.75, 3.05) is 0 Å². The van der Waals surface area contributed by atoms with E-state index in [2.05, 4.69) is 0 Å². The van der Waals surface area contributed by atoms with Crippen LogP contribution >= 0.6 is 0 Å². The monoisotopic (exact) mass is 291 g/mol. The van der Waals surface area contributed by atoms with Crippen LogP contribution in [0.4, 0.5) is 10.1 Å². The van der Waals surface area contributed by atoms with Crippen molar-refractivity contribution in [3.63, 3.8) is 0 Å². The maximum atomic E-state index is 14.0. The van der Waals surface area contributed by atoms with E-state index in [0.717, 1.165) is 6.07 Å². The quantitative estimate of drug-likeness (QED) is 0.685. The van der Waals surface area contributed by atoms with E-state index in [0.29, 0.717) is 11.1 Å². The third kappa shape index (κ3) is 3.17. The van der Waals surface area contributed by atoms with Crippen molar-refractivity contribution in [3.8, 4) is 11.5 Å². The minimum absolute atomic E-state index is 0.00574. The Balaban J connectivity index is 2.41. The van der Waals surface area contributed by atoms with Crippen LogP contribution in [0.1, 0.15) is 24.2 Å². The van der Waals surface area contributed by atoms with Crippen LogP contribution in [0.5, 0.6) is 11.5 Å². The van der Waals surface area contributed by atoms with Gasteiger partial charge in [-0.25, -0.2) is 4.39 Å². The van der Waals surface area contributed by atoms with Crippen molar-refractivity contribution in [1.82, 2.24) is 0 Å². The van der Waals surface area contributed by atoms with Gasteiger partial charge in [-0.3, -0.25) is 10.1 Å². The number of aliphatic hydroxyl groups is 1. The zero-order valence-corrected chi connectivity index (χ0v) is 11.5. The molecule has 0 aliphatic rings. The van der Waals surface area contributed by atoms with Crippen LogP contribution in [0.3, 0.4) is 0 Å². The van der Waals surface area contributed by atoms with E-state index in [1.54, 1.807) is 13.0 Å². The lowest BCUT2D eigenvalue weighted by Gasteiger charge is -2.11. The summed E-state index contributed by atoms with van der Waals surface area (Å²) in [6.07, 6.45) is -0.804. The van der Waals surface area contributed by atoms with Crippen molar-refractivity contribution in [3.05, 3.63) is 63.5 Å². The molecule has 0 aliphatic heterocycles. The van der Waals surface area contributed by atoms with Crippen molar-refractivity contribution in [1.29, 1.82) is 0 Å². The summed E-state index contributed by atoms with van der Waals surface area (Å²) >= 11 is 0. The predicted molar refractivity (Wildman–Crippen MR) is 74.9 cm³/mol. The van der Waals surface area contributed by atoms with Crippen LogP contribution in [0.2, 0.25) is 0 Å². The Morgan fingerprint density at radius 3 is 2.62 bits per heavy atom. The Bertz CT molecular complexity index is 685. The molecule has 0 aliphatic carbocycles. The van der Waals surface area contributed by atoms with Crippen molar-refractivity contribution in [2.24, 2.45) is 0 Å². The van der Waals surface area contributed by atoms with Gasteiger partial charge in [0.1, 0.15) is 0 Å². The number of nitro groups is 1. The van der Waals surface area contributed by atoms with Gasteiger partial charge in [0.15, 0.2) is 11.6 Å². The van der Waals surface area contributed by atoms with Gasteiger partial charge in [0.2, 0.25) is 5.75 Å². The number of benzene rings is 2. The minimum atomic E-state index is -0.804. The van der Waals surface area contributed by atoms with Crippen molar-refractivity contribution >= 4 is 5.69 Å². The number of nitrogens with zero attached hydrogens (tertiary/aromatic N) is 1. The number of nitro benzene ring substituents is 1. The molecule has 21 heavy (non-hydrogen) atoms. The Morgan fingerprint density at radius 1 is 1.33 bits per heavy atom. The van der Waals surface area contributed by atoms with E-state index in [4.69, 9.17) is 4.74 Å². The Hall–Kier alpha value is -2.47. The van der Waals surface area contributed by atoms with Gasteiger partial charge < -0.3 is 9.84 Å². The molecule has 0 fully saturated rings. The van der Waals surface area contributed by atoms with Gasteiger partial charge >= 0.3 is 5.69 Å². The average molecular weight is 291 g/mol. The molecule has 110 valence electrons. The Kier molecular flexibility index (Phi) is 4.18. The molecule has 2 aromatic carbocycles. The lowest BCUT2D eigenvalue weighted by molar-refractivity contribution is -0.385. The highest BCUT2D eigenvalue weighted by Crippen LogP contribution is 2.35. The normalized spacial score (nSPS) is 12.0. The number of hydrogen-bond acceptors (Lipinski definition) is 4. The van der Waals surface area contributed by atoms with Crippen LogP contribution < -0.4 is 4.74 Å². The predicted octanol–water partition coefficient (Wildman–Crippen LogP) is 3.89. The van der Waals surface area contributed by atoms with Gasteiger partial charge in [-0.2, -0.15) is 0 Å². The highest BCUT2D eigenvalue weighted by atomic mass is 19.1. The first-order valence-corrected chi connectivity index (χ1v) is 6.29. The van der Waals surface area contributed by atoms with E-state index in [9.17, 15) is 19.6 Å². The standard InChI is InChI=1S/C15H14FNO4/c1-9-4-3-5-13(17(19)20)15(9)21-14-7-6-11(10(2)18)8-12(14)16/h3-8,10,18H,1-2H3. The summed E-state index contributed by atoms with van der Waals surface area (Å²) in [6, 6.07) is 8.47. The Morgan fingerprint density at radius 2 is 2.05 bits per heavy atom. The van der Waals surface area contributed by atoms with Crippen molar-refractivity contribution in [2.45, 2.75) is 20.0 Å². The topological polar surface area (TPSA) is 72.6 Å². The first-order chi connectivity index (χ1) is 9.90. The van der Waals surface area contributed by atoms with Gasteiger partial charge in [0, 0.05) is 6.07 Å². The second-order valence-electron chi connectivity index (χ2n) is 4.65. The van der Waals surface area contributed by atoms with Crippen molar-refractivity contribution < 1.29 is 19.2 Å². The summed E-state index contributed by atoms with van der Waals surface area (Å²) < 4.78 is 19.3. The summed E-state index contributed by atoms with van der Waals surface area (Å²) in [5.41, 5.74) is 0.705. The average Bonchev–Trinajstić information content (AvgIpc) is 2.42. The number of halogens is 1. The van der Waals surface area contributed by atoms with Crippen LogP contribution in [-0.4, -0.2) is 10.0 Å². The van der Waals surface area contributed by atoms with E-state index in [1.165, 1.54) is 31.2 Å².